The second-order valence-electron chi connectivity index (χ2n) is 5.60. The highest BCUT2D eigenvalue weighted by Crippen LogP contribution is 2.07. The largest absolute Gasteiger partial charge is 0.459 e. The van der Waals surface area contributed by atoms with E-state index in [1.807, 2.05) is 0 Å². The summed E-state index contributed by atoms with van der Waals surface area (Å²) in [5, 5.41) is 2.52. The van der Waals surface area contributed by atoms with Gasteiger partial charge in [-0.25, -0.2) is 4.39 Å². The molecule has 2 rings (SSSR count). The SMILES string of the molecule is CC(C)C(NC(=O)c1ccco1)C(=O)NNC(=O)c1ccccc1F. The molecule has 0 aliphatic rings. The van der Waals surface area contributed by atoms with Crippen LogP contribution in [0.1, 0.15) is 34.8 Å². The van der Waals surface area contributed by atoms with Gasteiger partial charge in [0.15, 0.2) is 5.76 Å². The summed E-state index contributed by atoms with van der Waals surface area (Å²) in [6.45, 7) is 3.46. The zero-order chi connectivity index (χ0) is 18.4. The lowest BCUT2D eigenvalue weighted by Crippen LogP contribution is -2.54. The predicted molar refractivity (Wildman–Crippen MR) is 86.8 cm³/mol. The lowest BCUT2D eigenvalue weighted by atomic mass is 10.0. The van der Waals surface area contributed by atoms with Gasteiger partial charge in [-0.05, 0) is 30.2 Å². The van der Waals surface area contributed by atoms with Crippen molar-refractivity contribution in [3.63, 3.8) is 0 Å². The molecule has 0 aliphatic heterocycles. The summed E-state index contributed by atoms with van der Waals surface area (Å²) in [7, 11) is 0. The molecule has 0 saturated heterocycles. The lowest BCUT2D eigenvalue weighted by molar-refractivity contribution is -0.124. The van der Waals surface area contributed by atoms with Crippen molar-refractivity contribution < 1.29 is 23.2 Å². The minimum absolute atomic E-state index is 0.0637. The maximum absolute atomic E-state index is 13.5. The number of benzene rings is 1. The fourth-order valence-corrected chi connectivity index (χ4v) is 2.06. The van der Waals surface area contributed by atoms with Gasteiger partial charge in [0.25, 0.3) is 17.7 Å². The Morgan fingerprint density at radius 2 is 1.72 bits per heavy atom. The highest BCUT2D eigenvalue weighted by Gasteiger charge is 2.26. The van der Waals surface area contributed by atoms with Crippen LogP contribution in [0.2, 0.25) is 0 Å². The topological polar surface area (TPSA) is 100 Å². The molecular formula is C17H18FN3O4. The molecule has 1 aromatic heterocycles. The summed E-state index contributed by atoms with van der Waals surface area (Å²) in [5.41, 5.74) is 4.11. The van der Waals surface area contributed by atoms with Crippen molar-refractivity contribution in [1.29, 1.82) is 0 Å². The number of hydrogen-bond donors (Lipinski definition) is 3. The van der Waals surface area contributed by atoms with Gasteiger partial charge in [-0.2, -0.15) is 0 Å². The zero-order valence-corrected chi connectivity index (χ0v) is 13.7. The Balaban J connectivity index is 1.97. The number of amides is 3. The molecule has 1 heterocycles. The van der Waals surface area contributed by atoms with E-state index in [2.05, 4.69) is 16.2 Å². The summed E-state index contributed by atoms with van der Waals surface area (Å²) in [4.78, 5) is 36.2. The molecule has 132 valence electrons. The minimum atomic E-state index is -0.918. The Labute approximate surface area is 143 Å². The number of rotatable bonds is 5. The average Bonchev–Trinajstić information content (AvgIpc) is 3.12. The monoisotopic (exact) mass is 347 g/mol. The van der Waals surface area contributed by atoms with Crippen molar-refractivity contribution in [2.24, 2.45) is 5.92 Å². The van der Waals surface area contributed by atoms with Gasteiger partial charge in [0.1, 0.15) is 11.9 Å². The summed E-state index contributed by atoms with van der Waals surface area (Å²) in [6, 6.07) is 7.47. The quantitative estimate of drug-likeness (QED) is 0.716. The van der Waals surface area contributed by atoms with E-state index in [0.717, 1.165) is 6.07 Å². The summed E-state index contributed by atoms with van der Waals surface area (Å²) in [5.74, 6) is -2.90. The zero-order valence-electron chi connectivity index (χ0n) is 13.7. The van der Waals surface area contributed by atoms with Crippen LogP contribution in [0.25, 0.3) is 0 Å². The molecule has 0 bridgehead atoms. The number of carbonyl (C=O) groups is 3. The van der Waals surface area contributed by atoms with E-state index in [4.69, 9.17) is 4.42 Å². The molecule has 8 heteroatoms. The maximum Gasteiger partial charge on any atom is 0.287 e. The Bertz CT molecular complexity index is 759. The highest BCUT2D eigenvalue weighted by molar-refractivity contribution is 5.98. The van der Waals surface area contributed by atoms with E-state index < -0.39 is 29.6 Å². The van der Waals surface area contributed by atoms with E-state index in [-0.39, 0.29) is 17.2 Å². The number of hydrogen-bond acceptors (Lipinski definition) is 4. The third-order valence-corrected chi connectivity index (χ3v) is 3.40. The van der Waals surface area contributed by atoms with Gasteiger partial charge < -0.3 is 9.73 Å². The number of carbonyl (C=O) groups excluding carboxylic acids is 3. The van der Waals surface area contributed by atoms with Crippen molar-refractivity contribution in [3.05, 3.63) is 59.8 Å². The van der Waals surface area contributed by atoms with Crippen LogP contribution in [0.15, 0.2) is 47.1 Å². The smallest absolute Gasteiger partial charge is 0.287 e. The van der Waals surface area contributed by atoms with Gasteiger partial charge >= 0.3 is 0 Å². The van der Waals surface area contributed by atoms with Crippen LogP contribution in [0.3, 0.4) is 0 Å². The molecule has 0 spiro atoms. The van der Waals surface area contributed by atoms with Crippen LogP contribution in [0.5, 0.6) is 0 Å². The Morgan fingerprint density at radius 3 is 2.32 bits per heavy atom. The average molecular weight is 347 g/mol. The Kier molecular flexibility index (Phi) is 5.89. The molecule has 1 atom stereocenters. The number of nitrogens with one attached hydrogen (secondary N) is 3. The summed E-state index contributed by atoms with van der Waals surface area (Å²) >= 11 is 0. The van der Waals surface area contributed by atoms with Gasteiger partial charge in [0, 0.05) is 0 Å². The lowest BCUT2D eigenvalue weighted by Gasteiger charge is -2.21. The third-order valence-electron chi connectivity index (χ3n) is 3.40. The van der Waals surface area contributed by atoms with Crippen LogP contribution in [-0.4, -0.2) is 23.8 Å². The summed E-state index contributed by atoms with van der Waals surface area (Å²) in [6.07, 6.45) is 1.34. The maximum atomic E-state index is 13.5. The van der Waals surface area contributed by atoms with Crippen LogP contribution in [0, 0.1) is 11.7 Å². The van der Waals surface area contributed by atoms with E-state index in [9.17, 15) is 18.8 Å². The molecular weight excluding hydrogens is 329 g/mol. The van der Waals surface area contributed by atoms with Crippen molar-refractivity contribution in [3.8, 4) is 0 Å². The molecule has 7 nitrogen and oxygen atoms in total. The van der Waals surface area contributed by atoms with Crippen molar-refractivity contribution in [2.75, 3.05) is 0 Å². The van der Waals surface area contributed by atoms with E-state index in [0.29, 0.717) is 0 Å². The second-order valence-corrected chi connectivity index (χ2v) is 5.60. The first-order valence-electron chi connectivity index (χ1n) is 7.59. The fraction of sp³-hybridized carbons (Fsp3) is 0.235. The first kappa shape index (κ1) is 18.2. The molecule has 0 radical (unpaired) electrons. The minimum Gasteiger partial charge on any atom is -0.459 e. The number of halogens is 1. The molecule has 25 heavy (non-hydrogen) atoms. The van der Waals surface area contributed by atoms with Gasteiger partial charge in [0.2, 0.25) is 0 Å². The van der Waals surface area contributed by atoms with E-state index in [1.54, 1.807) is 19.9 Å². The van der Waals surface area contributed by atoms with Gasteiger partial charge in [0.05, 0.1) is 11.8 Å². The van der Waals surface area contributed by atoms with Gasteiger partial charge in [-0.1, -0.05) is 26.0 Å². The van der Waals surface area contributed by atoms with Crippen LogP contribution >= 0.6 is 0 Å². The molecule has 0 aliphatic carbocycles. The predicted octanol–water partition coefficient (Wildman–Crippen LogP) is 1.63. The van der Waals surface area contributed by atoms with Crippen LogP contribution in [-0.2, 0) is 4.79 Å². The molecule has 0 fully saturated rings. The first-order chi connectivity index (χ1) is 11.9. The van der Waals surface area contributed by atoms with Gasteiger partial charge in [-0.15, -0.1) is 0 Å². The first-order valence-corrected chi connectivity index (χ1v) is 7.59. The highest BCUT2D eigenvalue weighted by atomic mass is 19.1. The number of hydrazine groups is 1. The van der Waals surface area contributed by atoms with Crippen molar-refractivity contribution in [2.45, 2.75) is 19.9 Å². The van der Waals surface area contributed by atoms with Crippen molar-refractivity contribution >= 4 is 17.7 Å². The molecule has 1 unspecified atom stereocenters. The van der Waals surface area contributed by atoms with E-state index in [1.165, 1.54) is 30.5 Å². The fourth-order valence-electron chi connectivity index (χ4n) is 2.06. The van der Waals surface area contributed by atoms with E-state index >= 15 is 0 Å². The van der Waals surface area contributed by atoms with Crippen LogP contribution in [0.4, 0.5) is 4.39 Å². The molecule has 1 aromatic carbocycles. The number of furan rings is 1. The third kappa shape index (κ3) is 4.66. The van der Waals surface area contributed by atoms with Crippen LogP contribution < -0.4 is 16.2 Å². The Hall–Kier alpha value is -3.16. The van der Waals surface area contributed by atoms with Gasteiger partial charge in [-0.3, -0.25) is 25.2 Å². The normalized spacial score (nSPS) is 11.7. The molecule has 0 saturated carbocycles. The molecule has 2 aromatic rings. The summed E-state index contributed by atoms with van der Waals surface area (Å²) < 4.78 is 18.5. The van der Waals surface area contributed by atoms with Crippen molar-refractivity contribution in [1.82, 2.24) is 16.2 Å². The standard InChI is InChI=1S/C17H18FN3O4/c1-10(2)14(19-16(23)13-8-5-9-25-13)17(24)21-20-15(22)11-6-3-4-7-12(11)18/h3-10,14H,1-2H3,(H,19,23)(H,20,22)(H,21,24). The second kappa shape index (κ2) is 8.09. The molecule has 3 amide bonds. The Morgan fingerprint density at radius 1 is 1.00 bits per heavy atom. The molecule has 3 N–H and O–H groups in total.